The van der Waals surface area contributed by atoms with Gasteiger partial charge in [0.2, 0.25) is 0 Å². The maximum atomic E-state index is 6.18. The zero-order chi connectivity index (χ0) is 11.1. The third-order valence-corrected chi connectivity index (χ3v) is 3.48. The maximum Gasteiger partial charge on any atom is 0.0675 e. The molecule has 3 nitrogen and oxygen atoms in total. The molecule has 1 aromatic heterocycles. The van der Waals surface area contributed by atoms with Crippen molar-refractivity contribution >= 4 is 0 Å². The van der Waals surface area contributed by atoms with E-state index in [4.69, 9.17) is 5.73 Å². The molecule has 3 heteroatoms. The van der Waals surface area contributed by atoms with Crippen LogP contribution in [0.5, 0.6) is 0 Å². The quantitative estimate of drug-likeness (QED) is 0.767. The van der Waals surface area contributed by atoms with Gasteiger partial charge in [-0.15, -0.1) is 0 Å². The molecule has 1 aromatic rings. The Bertz CT molecular complexity index is 340. The van der Waals surface area contributed by atoms with Crippen molar-refractivity contribution in [2.75, 3.05) is 0 Å². The second-order valence-corrected chi connectivity index (χ2v) is 5.64. The number of aryl methyl sites for hydroxylation is 1. The van der Waals surface area contributed by atoms with Crippen molar-refractivity contribution in [3.63, 3.8) is 0 Å². The molecule has 1 aliphatic rings. The van der Waals surface area contributed by atoms with Crippen LogP contribution in [0, 0.1) is 12.3 Å². The topological polar surface area (TPSA) is 43.8 Å². The first-order valence-corrected chi connectivity index (χ1v) is 5.74. The molecule has 0 bridgehead atoms. The standard InChI is InChI=1S/C12H21N3/c1-9-7-14-15(8-9)11-6-12(2,3)5-4-10(11)13/h7-8,10-11H,4-6,13H2,1-3H3. The molecule has 2 atom stereocenters. The first-order chi connectivity index (χ1) is 6.98. The minimum absolute atomic E-state index is 0.261. The van der Waals surface area contributed by atoms with E-state index in [1.54, 1.807) is 0 Å². The van der Waals surface area contributed by atoms with Gasteiger partial charge in [-0.05, 0) is 37.2 Å². The van der Waals surface area contributed by atoms with E-state index >= 15 is 0 Å². The lowest BCUT2D eigenvalue weighted by Crippen LogP contribution is -2.40. The zero-order valence-electron chi connectivity index (χ0n) is 9.90. The summed E-state index contributed by atoms with van der Waals surface area (Å²) in [5.74, 6) is 0. The van der Waals surface area contributed by atoms with E-state index < -0.39 is 0 Å². The van der Waals surface area contributed by atoms with Crippen LogP contribution in [0.1, 0.15) is 44.7 Å². The number of hydrogen-bond acceptors (Lipinski definition) is 2. The van der Waals surface area contributed by atoms with Gasteiger partial charge in [0.25, 0.3) is 0 Å². The Labute approximate surface area is 91.7 Å². The molecule has 0 aliphatic heterocycles. The van der Waals surface area contributed by atoms with Crippen LogP contribution in [-0.2, 0) is 0 Å². The van der Waals surface area contributed by atoms with Crippen LogP contribution in [0.3, 0.4) is 0 Å². The minimum atomic E-state index is 0.261. The summed E-state index contributed by atoms with van der Waals surface area (Å²) in [4.78, 5) is 0. The van der Waals surface area contributed by atoms with Crippen LogP contribution in [0.2, 0.25) is 0 Å². The fourth-order valence-corrected chi connectivity index (χ4v) is 2.47. The van der Waals surface area contributed by atoms with Crippen molar-refractivity contribution < 1.29 is 0 Å². The second-order valence-electron chi connectivity index (χ2n) is 5.64. The van der Waals surface area contributed by atoms with Crippen LogP contribution in [0.15, 0.2) is 12.4 Å². The summed E-state index contributed by atoms with van der Waals surface area (Å²) < 4.78 is 2.06. The number of hydrogen-bond donors (Lipinski definition) is 1. The van der Waals surface area contributed by atoms with E-state index in [-0.39, 0.29) is 6.04 Å². The predicted octanol–water partition coefficient (Wildman–Crippen LogP) is 2.27. The third kappa shape index (κ3) is 2.23. The van der Waals surface area contributed by atoms with Crippen LogP contribution < -0.4 is 5.73 Å². The number of aromatic nitrogens is 2. The average molecular weight is 207 g/mol. The molecule has 0 spiro atoms. The van der Waals surface area contributed by atoms with Crippen LogP contribution in [0.4, 0.5) is 0 Å². The summed E-state index contributed by atoms with van der Waals surface area (Å²) >= 11 is 0. The number of nitrogens with zero attached hydrogens (tertiary/aromatic N) is 2. The second kappa shape index (κ2) is 3.63. The van der Waals surface area contributed by atoms with Crippen molar-refractivity contribution in [1.82, 2.24) is 9.78 Å². The first-order valence-electron chi connectivity index (χ1n) is 5.74. The molecule has 0 aromatic carbocycles. The molecule has 0 amide bonds. The van der Waals surface area contributed by atoms with Crippen molar-refractivity contribution in [2.24, 2.45) is 11.1 Å². The van der Waals surface area contributed by atoms with E-state index in [1.807, 2.05) is 6.20 Å². The van der Waals surface area contributed by atoms with Gasteiger partial charge in [-0.3, -0.25) is 4.68 Å². The zero-order valence-corrected chi connectivity index (χ0v) is 9.90. The molecule has 1 saturated carbocycles. The summed E-state index contributed by atoms with van der Waals surface area (Å²) in [5, 5.41) is 4.39. The van der Waals surface area contributed by atoms with E-state index in [0.717, 1.165) is 12.8 Å². The molecule has 1 fully saturated rings. The number of nitrogens with two attached hydrogens (primary N) is 1. The molecule has 84 valence electrons. The van der Waals surface area contributed by atoms with E-state index in [0.29, 0.717) is 11.5 Å². The van der Waals surface area contributed by atoms with Crippen molar-refractivity contribution in [2.45, 2.75) is 52.1 Å². The lowest BCUT2D eigenvalue weighted by Gasteiger charge is -2.39. The van der Waals surface area contributed by atoms with Gasteiger partial charge >= 0.3 is 0 Å². The normalized spacial score (nSPS) is 30.4. The highest BCUT2D eigenvalue weighted by atomic mass is 15.3. The third-order valence-electron chi connectivity index (χ3n) is 3.48. The molecule has 15 heavy (non-hydrogen) atoms. The molecule has 2 N–H and O–H groups in total. The van der Waals surface area contributed by atoms with Gasteiger partial charge < -0.3 is 5.73 Å². The van der Waals surface area contributed by atoms with Gasteiger partial charge in [-0.1, -0.05) is 13.8 Å². The minimum Gasteiger partial charge on any atom is -0.326 e. The Balaban J connectivity index is 2.19. The summed E-state index contributed by atoms with van der Waals surface area (Å²) in [6.45, 7) is 6.72. The molecule has 1 heterocycles. The Morgan fingerprint density at radius 3 is 2.87 bits per heavy atom. The van der Waals surface area contributed by atoms with Crippen LogP contribution >= 0.6 is 0 Å². The van der Waals surface area contributed by atoms with Gasteiger partial charge in [0.05, 0.1) is 12.2 Å². The Hall–Kier alpha value is -0.830. The molecule has 2 rings (SSSR count). The predicted molar refractivity (Wildman–Crippen MR) is 61.6 cm³/mol. The van der Waals surface area contributed by atoms with E-state index in [1.165, 1.54) is 12.0 Å². The smallest absolute Gasteiger partial charge is 0.0675 e. The summed E-state index contributed by atoms with van der Waals surface area (Å²) in [5.41, 5.74) is 7.80. The van der Waals surface area contributed by atoms with Crippen LogP contribution in [0.25, 0.3) is 0 Å². The van der Waals surface area contributed by atoms with Crippen molar-refractivity contribution in [3.8, 4) is 0 Å². The Morgan fingerprint density at radius 1 is 1.53 bits per heavy atom. The summed E-state index contributed by atoms with van der Waals surface area (Å²) in [7, 11) is 0. The highest BCUT2D eigenvalue weighted by molar-refractivity contribution is 5.02. The van der Waals surface area contributed by atoms with Crippen molar-refractivity contribution in [1.29, 1.82) is 0 Å². The van der Waals surface area contributed by atoms with Gasteiger partial charge in [0.15, 0.2) is 0 Å². The molecule has 2 unspecified atom stereocenters. The molecule has 0 saturated heterocycles. The van der Waals surface area contributed by atoms with Crippen LogP contribution in [-0.4, -0.2) is 15.8 Å². The van der Waals surface area contributed by atoms with Gasteiger partial charge in [-0.2, -0.15) is 5.10 Å². The van der Waals surface area contributed by atoms with Gasteiger partial charge in [-0.25, -0.2) is 0 Å². The lowest BCUT2D eigenvalue weighted by atomic mass is 9.73. The van der Waals surface area contributed by atoms with Crippen molar-refractivity contribution in [3.05, 3.63) is 18.0 Å². The molecule has 0 radical (unpaired) electrons. The largest absolute Gasteiger partial charge is 0.326 e. The summed E-state index contributed by atoms with van der Waals surface area (Å²) in [6.07, 6.45) is 7.48. The maximum absolute atomic E-state index is 6.18. The van der Waals surface area contributed by atoms with Gasteiger partial charge in [0, 0.05) is 12.2 Å². The molecule has 1 aliphatic carbocycles. The average Bonchev–Trinajstić information content (AvgIpc) is 2.56. The Morgan fingerprint density at radius 2 is 2.27 bits per heavy atom. The van der Waals surface area contributed by atoms with Gasteiger partial charge in [0.1, 0.15) is 0 Å². The molecular formula is C12H21N3. The Kier molecular flexibility index (Phi) is 2.59. The van der Waals surface area contributed by atoms with E-state index in [9.17, 15) is 0 Å². The highest BCUT2D eigenvalue weighted by Gasteiger charge is 2.34. The SMILES string of the molecule is Cc1cnn(C2CC(C)(C)CCC2N)c1. The highest BCUT2D eigenvalue weighted by Crippen LogP contribution is 2.40. The lowest BCUT2D eigenvalue weighted by molar-refractivity contribution is 0.153. The monoisotopic (exact) mass is 207 g/mol. The fourth-order valence-electron chi connectivity index (χ4n) is 2.47. The first kappa shape index (κ1) is 10.7. The fraction of sp³-hybridized carbons (Fsp3) is 0.750. The molecular weight excluding hydrogens is 186 g/mol. The number of rotatable bonds is 1. The van der Waals surface area contributed by atoms with E-state index in [2.05, 4.69) is 36.7 Å². The summed E-state index contributed by atoms with van der Waals surface area (Å²) in [6, 6.07) is 0.639.